The fourth-order valence-electron chi connectivity index (χ4n) is 2.32. The van der Waals surface area contributed by atoms with E-state index in [0.29, 0.717) is 18.7 Å². The summed E-state index contributed by atoms with van der Waals surface area (Å²) < 4.78 is 14.1. The molecule has 0 saturated heterocycles. The smallest absolute Gasteiger partial charge is 0.146 e. The lowest BCUT2D eigenvalue weighted by Crippen LogP contribution is -2.04. The number of hydrogen-bond donors (Lipinski definition) is 2. The largest absolute Gasteiger partial charge is 0.353 e. The lowest BCUT2D eigenvalue weighted by molar-refractivity contribution is 0.629. The minimum Gasteiger partial charge on any atom is -0.353 e. The zero-order valence-electron chi connectivity index (χ0n) is 12.0. The second-order valence-electron chi connectivity index (χ2n) is 4.94. The number of anilines is 2. The molecule has 0 spiro atoms. The standard InChI is InChI=1S/C17H21FN2/c1-3-14-6-4-5-12(2)17(14)20-16-8-7-13(9-10-19)11-15(16)18/h4-8,11,20H,3,9-10,19H2,1-2H3. The highest BCUT2D eigenvalue weighted by atomic mass is 19.1. The summed E-state index contributed by atoms with van der Waals surface area (Å²) in [5.41, 5.74) is 10.2. The topological polar surface area (TPSA) is 38.0 Å². The normalized spacial score (nSPS) is 10.6. The van der Waals surface area contributed by atoms with E-state index in [1.165, 1.54) is 5.56 Å². The van der Waals surface area contributed by atoms with E-state index < -0.39 is 0 Å². The molecule has 3 heteroatoms. The summed E-state index contributed by atoms with van der Waals surface area (Å²) in [6.45, 7) is 4.66. The Kier molecular flexibility index (Phi) is 4.74. The van der Waals surface area contributed by atoms with E-state index in [1.807, 2.05) is 25.1 Å². The van der Waals surface area contributed by atoms with Crippen molar-refractivity contribution in [3.05, 3.63) is 58.9 Å². The maximum absolute atomic E-state index is 14.1. The van der Waals surface area contributed by atoms with E-state index in [2.05, 4.69) is 18.3 Å². The number of nitrogens with one attached hydrogen (secondary N) is 1. The minimum atomic E-state index is -0.235. The molecule has 2 aromatic rings. The summed E-state index contributed by atoms with van der Waals surface area (Å²) in [5, 5.41) is 3.22. The van der Waals surface area contributed by atoms with Crippen molar-refractivity contribution in [2.24, 2.45) is 5.73 Å². The van der Waals surface area contributed by atoms with Crippen LogP contribution in [0.15, 0.2) is 36.4 Å². The summed E-state index contributed by atoms with van der Waals surface area (Å²) >= 11 is 0. The first kappa shape index (κ1) is 14.5. The van der Waals surface area contributed by atoms with E-state index in [0.717, 1.165) is 23.2 Å². The van der Waals surface area contributed by atoms with Crippen LogP contribution in [0.5, 0.6) is 0 Å². The van der Waals surface area contributed by atoms with Crippen LogP contribution in [0.3, 0.4) is 0 Å². The average molecular weight is 272 g/mol. The van der Waals surface area contributed by atoms with Gasteiger partial charge in [0.25, 0.3) is 0 Å². The number of halogens is 1. The molecule has 0 aliphatic carbocycles. The molecule has 2 nitrogen and oxygen atoms in total. The van der Waals surface area contributed by atoms with Gasteiger partial charge in [0, 0.05) is 5.69 Å². The van der Waals surface area contributed by atoms with E-state index in [1.54, 1.807) is 12.1 Å². The summed E-state index contributed by atoms with van der Waals surface area (Å²) in [7, 11) is 0. The zero-order chi connectivity index (χ0) is 14.5. The number of benzene rings is 2. The minimum absolute atomic E-state index is 0.235. The molecule has 0 radical (unpaired) electrons. The Morgan fingerprint density at radius 2 is 2.00 bits per heavy atom. The Hall–Kier alpha value is -1.87. The highest BCUT2D eigenvalue weighted by molar-refractivity contribution is 5.67. The molecule has 0 unspecified atom stereocenters. The van der Waals surface area contributed by atoms with Gasteiger partial charge in [-0.3, -0.25) is 0 Å². The molecule has 3 N–H and O–H groups in total. The second-order valence-corrected chi connectivity index (χ2v) is 4.94. The third-order valence-corrected chi connectivity index (χ3v) is 3.47. The number of para-hydroxylation sites is 1. The zero-order valence-corrected chi connectivity index (χ0v) is 12.0. The van der Waals surface area contributed by atoms with Gasteiger partial charge in [0.05, 0.1) is 5.69 Å². The number of nitrogens with two attached hydrogens (primary N) is 1. The highest BCUT2D eigenvalue weighted by Gasteiger charge is 2.08. The number of hydrogen-bond acceptors (Lipinski definition) is 2. The lowest BCUT2D eigenvalue weighted by atomic mass is 10.0. The fourth-order valence-corrected chi connectivity index (χ4v) is 2.32. The first-order chi connectivity index (χ1) is 9.65. The molecule has 0 aromatic heterocycles. The van der Waals surface area contributed by atoms with Crippen molar-refractivity contribution in [3.8, 4) is 0 Å². The van der Waals surface area contributed by atoms with Gasteiger partial charge < -0.3 is 11.1 Å². The van der Waals surface area contributed by atoms with Crippen LogP contribution in [0, 0.1) is 12.7 Å². The predicted molar refractivity (Wildman–Crippen MR) is 83.0 cm³/mol. The summed E-state index contributed by atoms with van der Waals surface area (Å²) in [6.07, 6.45) is 1.61. The highest BCUT2D eigenvalue weighted by Crippen LogP contribution is 2.27. The Labute approximate surface area is 119 Å². The van der Waals surface area contributed by atoms with Crippen molar-refractivity contribution in [2.45, 2.75) is 26.7 Å². The average Bonchev–Trinajstić information content (AvgIpc) is 2.44. The molecule has 2 aromatic carbocycles. The maximum atomic E-state index is 14.1. The SMILES string of the molecule is CCc1cccc(C)c1Nc1ccc(CCN)cc1F. The molecular weight excluding hydrogens is 251 g/mol. The molecule has 0 saturated carbocycles. The van der Waals surface area contributed by atoms with Gasteiger partial charge in [-0.2, -0.15) is 0 Å². The van der Waals surface area contributed by atoms with Crippen LogP contribution in [-0.2, 0) is 12.8 Å². The van der Waals surface area contributed by atoms with E-state index >= 15 is 0 Å². The van der Waals surface area contributed by atoms with E-state index in [4.69, 9.17) is 5.73 Å². The monoisotopic (exact) mass is 272 g/mol. The fraction of sp³-hybridized carbons (Fsp3) is 0.294. The van der Waals surface area contributed by atoms with E-state index in [-0.39, 0.29) is 5.82 Å². The third kappa shape index (κ3) is 3.17. The van der Waals surface area contributed by atoms with Gasteiger partial charge in [0.2, 0.25) is 0 Å². The molecule has 2 rings (SSSR count). The molecule has 0 bridgehead atoms. The van der Waals surface area contributed by atoms with Gasteiger partial charge in [0.15, 0.2) is 0 Å². The van der Waals surface area contributed by atoms with Crippen LogP contribution in [0.4, 0.5) is 15.8 Å². The van der Waals surface area contributed by atoms with Gasteiger partial charge in [-0.15, -0.1) is 0 Å². The second kappa shape index (κ2) is 6.53. The maximum Gasteiger partial charge on any atom is 0.146 e. The molecule has 0 heterocycles. The van der Waals surface area contributed by atoms with Gasteiger partial charge in [-0.05, 0) is 55.1 Å². The van der Waals surface area contributed by atoms with Crippen molar-refractivity contribution >= 4 is 11.4 Å². The molecule has 0 amide bonds. The van der Waals surface area contributed by atoms with Gasteiger partial charge in [0.1, 0.15) is 5.82 Å². The first-order valence-electron chi connectivity index (χ1n) is 6.99. The molecule has 106 valence electrons. The Morgan fingerprint density at radius 3 is 2.65 bits per heavy atom. The van der Waals surface area contributed by atoms with Gasteiger partial charge in [-0.1, -0.05) is 31.2 Å². The quantitative estimate of drug-likeness (QED) is 0.865. The van der Waals surface area contributed by atoms with Crippen molar-refractivity contribution in [3.63, 3.8) is 0 Å². The Bertz CT molecular complexity index is 594. The van der Waals surface area contributed by atoms with Crippen LogP contribution in [-0.4, -0.2) is 6.54 Å². The van der Waals surface area contributed by atoms with Gasteiger partial charge in [-0.25, -0.2) is 4.39 Å². The molecule has 0 fully saturated rings. The molecular formula is C17H21FN2. The number of aryl methyl sites for hydroxylation is 2. The predicted octanol–water partition coefficient (Wildman–Crippen LogP) is 3.94. The lowest BCUT2D eigenvalue weighted by Gasteiger charge is -2.15. The summed E-state index contributed by atoms with van der Waals surface area (Å²) in [4.78, 5) is 0. The first-order valence-corrected chi connectivity index (χ1v) is 6.99. The molecule has 0 aliphatic rings. The van der Waals surface area contributed by atoms with Crippen molar-refractivity contribution < 1.29 is 4.39 Å². The van der Waals surface area contributed by atoms with Crippen molar-refractivity contribution in [1.82, 2.24) is 0 Å². The van der Waals surface area contributed by atoms with Crippen LogP contribution in [0.2, 0.25) is 0 Å². The van der Waals surface area contributed by atoms with E-state index in [9.17, 15) is 4.39 Å². The van der Waals surface area contributed by atoms with Crippen LogP contribution >= 0.6 is 0 Å². The molecule has 0 atom stereocenters. The van der Waals surface area contributed by atoms with Crippen molar-refractivity contribution in [2.75, 3.05) is 11.9 Å². The van der Waals surface area contributed by atoms with Gasteiger partial charge >= 0.3 is 0 Å². The van der Waals surface area contributed by atoms with Crippen molar-refractivity contribution in [1.29, 1.82) is 0 Å². The summed E-state index contributed by atoms with van der Waals surface area (Å²) in [5.74, 6) is -0.235. The van der Waals surface area contributed by atoms with Crippen LogP contribution in [0.25, 0.3) is 0 Å². The summed E-state index contributed by atoms with van der Waals surface area (Å²) in [6, 6.07) is 11.4. The number of rotatable bonds is 5. The van der Waals surface area contributed by atoms with Crippen LogP contribution in [0.1, 0.15) is 23.6 Å². The third-order valence-electron chi connectivity index (χ3n) is 3.47. The Morgan fingerprint density at radius 1 is 1.20 bits per heavy atom. The Balaban J connectivity index is 2.31. The molecule has 0 aliphatic heterocycles. The molecule has 20 heavy (non-hydrogen) atoms. The van der Waals surface area contributed by atoms with Crippen LogP contribution < -0.4 is 11.1 Å².